The molecular weight excluding hydrogens is 270 g/mol. The fourth-order valence-electron chi connectivity index (χ4n) is 3.61. The van der Waals surface area contributed by atoms with Gasteiger partial charge in [-0.2, -0.15) is 15.0 Å². The predicted molar refractivity (Wildman–Crippen MR) is 79.2 cm³/mol. The van der Waals surface area contributed by atoms with Crippen LogP contribution in [-0.4, -0.2) is 51.5 Å². The van der Waals surface area contributed by atoms with Gasteiger partial charge in [0.1, 0.15) is 5.82 Å². The lowest BCUT2D eigenvalue weighted by atomic mass is 9.83. The summed E-state index contributed by atoms with van der Waals surface area (Å²) in [6, 6.07) is 0. The molecule has 116 valence electrons. The summed E-state index contributed by atoms with van der Waals surface area (Å²) in [6.07, 6.45) is 6.02. The molecule has 0 aliphatic heterocycles. The molecule has 2 aliphatic carbocycles. The third kappa shape index (κ3) is 2.94. The van der Waals surface area contributed by atoms with Gasteiger partial charge in [-0.05, 0) is 38.0 Å². The molecular formula is C14H23N5O2. The first-order valence-corrected chi connectivity index (χ1v) is 7.72. The Morgan fingerprint density at radius 2 is 1.52 bits per heavy atom. The molecule has 0 unspecified atom stereocenters. The zero-order chi connectivity index (χ0) is 14.7. The maximum atomic E-state index is 8.94. The van der Waals surface area contributed by atoms with Gasteiger partial charge < -0.3 is 20.8 Å². The molecule has 7 heteroatoms. The van der Waals surface area contributed by atoms with Crippen molar-refractivity contribution < 1.29 is 10.2 Å². The van der Waals surface area contributed by atoms with Crippen LogP contribution in [0.2, 0.25) is 0 Å². The Morgan fingerprint density at radius 1 is 0.952 bits per heavy atom. The summed E-state index contributed by atoms with van der Waals surface area (Å²) in [4.78, 5) is 13.5. The van der Waals surface area contributed by atoms with Crippen LogP contribution in [0.1, 0.15) is 37.9 Å². The van der Waals surface area contributed by atoms with Crippen LogP contribution in [0.4, 0.5) is 11.9 Å². The number of nitrogens with zero attached hydrogens (tertiary/aromatic N) is 3. The van der Waals surface area contributed by atoms with Crippen LogP contribution in [0.5, 0.6) is 0 Å². The molecule has 3 rings (SSSR count). The van der Waals surface area contributed by atoms with Crippen molar-refractivity contribution in [3.05, 3.63) is 5.82 Å². The van der Waals surface area contributed by atoms with Crippen molar-refractivity contribution in [2.24, 2.45) is 5.92 Å². The number of fused-ring (bicyclic) bond motifs is 2. The Hall–Kier alpha value is -1.47. The van der Waals surface area contributed by atoms with Crippen LogP contribution in [0.15, 0.2) is 0 Å². The van der Waals surface area contributed by atoms with Crippen molar-refractivity contribution in [1.82, 2.24) is 15.0 Å². The highest BCUT2D eigenvalue weighted by Gasteiger charge is 2.48. The van der Waals surface area contributed by atoms with Gasteiger partial charge in [0.05, 0.1) is 13.2 Å². The van der Waals surface area contributed by atoms with E-state index < -0.39 is 0 Å². The predicted octanol–water partition coefficient (Wildman–Crippen LogP) is 0.512. The molecule has 0 radical (unpaired) electrons. The van der Waals surface area contributed by atoms with E-state index >= 15 is 0 Å². The monoisotopic (exact) mass is 293 g/mol. The molecule has 1 heterocycles. The molecule has 2 fully saturated rings. The largest absolute Gasteiger partial charge is 0.395 e. The number of hydrogen-bond donors (Lipinski definition) is 4. The smallest absolute Gasteiger partial charge is 0.227 e. The first kappa shape index (κ1) is 14.5. The second-order valence-corrected chi connectivity index (χ2v) is 6.03. The van der Waals surface area contributed by atoms with E-state index in [9.17, 15) is 0 Å². The minimum atomic E-state index is 0.0354. The van der Waals surface area contributed by atoms with Crippen molar-refractivity contribution in [2.45, 2.75) is 37.5 Å². The van der Waals surface area contributed by atoms with Crippen LogP contribution in [0, 0.1) is 5.92 Å². The van der Waals surface area contributed by atoms with Gasteiger partial charge in [0, 0.05) is 18.5 Å². The van der Waals surface area contributed by atoms with Crippen molar-refractivity contribution >= 4 is 11.9 Å². The van der Waals surface area contributed by atoms with Crippen molar-refractivity contribution in [2.75, 3.05) is 36.9 Å². The molecule has 0 amide bonds. The summed E-state index contributed by atoms with van der Waals surface area (Å²) in [5, 5.41) is 23.9. The summed E-state index contributed by atoms with van der Waals surface area (Å²) in [5.41, 5.74) is 0.110. The molecule has 0 atom stereocenters. The van der Waals surface area contributed by atoms with E-state index in [0.717, 1.165) is 24.6 Å². The van der Waals surface area contributed by atoms with Gasteiger partial charge >= 0.3 is 0 Å². The molecule has 2 saturated carbocycles. The minimum absolute atomic E-state index is 0.0354. The molecule has 0 saturated heterocycles. The van der Waals surface area contributed by atoms with Crippen molar-refractivity contribution in [1.29, 1.82) is 0 Å². The molecule has 1 aromatic heterocycles. The van der Waals surface area contributed by atoms with Gasteiger partial charge in [0.15, 0.2) is 0 Å². The molecule has 7 nitrogen and oxygen atoms in total. The topological polar surface area (TPSA) is 103 Å². The van der Waals surface area contributed by atoms with E-state index in [1.165, 1.54) is 19.3 Å². The minimum Gasteiger partial charge on any atom is -0.395 e. The van der Waals surface area contributed by atoms with E-state index in [4.69, 9.17) is 10.2 Å². The number of anilines is 2. The standard InChI is InChI=1S/C14H23N5O2/c20-7-5-15-12-17-11(18-13(19-12)16-6-8-21)14-3-1-10(9-14)2-4-14/h10,20-21H,1-9H2,(H2,15,16,17,18,19). The normalized spacial score (nSPS) is 27.0. The van der Waals surface area contributed by atoms with Gasteiger partial charge in [-0.3, -0.25) is 0 Å². The van der Waals surface area contributed by atoms with Gasteiger partial charge in [0.2, 0.25) is 11.9 Å². The van der Waals surface area contributed by atoms with Crippen LogP contribution >= 0.6 is 0 Å². The van der Waals surface area contributed by atoms with Gasteiger partial charge in [-0.25, -0.2) is 0 Å². The number of aromatic nitrogens is 3. The first-order chi connectivity index (χ1) is 10.3. The second-order valence-electron chi connectivity index (χ2n) is 6.03. The van der Waals surface area contributed by atoms with Crippen LogP contribution in [0.3, 0.4) is 0 Å². The first-order valence-electron chi connectivity index (χ1n) is 7.72. The fraction of sp³-hybridized carbons (Fsp3) is 0.786. The van der Waals surface area contributed by atoms with E-state index in [1.807, 2.05) is 0 Å². The molecule has 4 N–H and O–H groups in total. The van der Waals surface area contributed by atoms with Gasteiger partial charge in [-0.15, -0.1) is 0 Å². The average molecular weight is 293 g/mol. The Labute approximate surface area is 124 Å². The molecule has 1 aromatic rings. The molecule has 2 bridgehead atoms. The Kier molecular flexibility index (Phi) is 4.21. The summed E-state index contributed by atoms with van der Waals surface area (Å²) in [5.74, 6) is 2.68. The molecule has 0 aromatic carbocycles. The molecule has 21 heavy (non-hydrogen) atoms. The number of aliphatic hydroxyl groups excluding tert-OH is 2. The van der Waals surface area contributed by atoms with E-state index in [2.05, 4.69) is 25.6 Å². The maximum Gasteiger partial charge on any atom is 0.227 e. The Morgan fingerprint density at radius 3 is 1.95 bits per heavy atom. The van der Waals surface area contributed by atoms with Gasteiger partial charge in [-0.1, -0.05) is 0 Å². The van der Waals surface area contributed by atoms with Crippen LogP contribution in [0.25, 0.3) is 0 Å². The number of rotatable bonds is 7. The van der Waals surface area contributed by atoms with Crippen molar-refractivity contribution in [3.8, 4) is 0 Å². The van der Waals surface area contributed by atoms with Crippen LogP contribution < -0.4 is 10.6 Å². The fourth-order valence-corrected chi connectivity index (χ4v) is 3.61. The molecule has 0 spiro atoms. The quantitative estimate of drug-likeness (QED) is 0.581. The lowest BCUT2D eigenvalue weighted by molar-refractivity contribution is 0.310. The van der Waals surface area contributed by atoms with E-state index in [1.54, 1.807) is 0 Å². The highest BCUT2D eigenvalue weighted by atomic mass is 16.3. The number of nitrogens with one attached hydrogen (secondary N) is 2. The zero-order valence-electron chi connectivity index (χ0n) is 12.2. The Bertz CT molecular complexity index is 462. The lowest BCUT2D eigenvalue weighted by Gasteiger charge is -2.25. The zero-order valence-corrected chi connectivity index (χ0v) is 12.2. The van der Waals surface area contributed by atoms with E-state index in [-0.39, 0.29) is 18.6 Å². The summed E-state index contributed by atoms with van der Waals surface area (Å²) in [7, 11) is 0. The summed E-state index contributed by atoms with van der Waals surface area (Å²) < 4.78 is 0. The number of hydrogen-bond acceptors (Lipinski definition) is 7. The second kappa shape index (κ2) is 6.11. The average Bonchev–Trinajstić information content (AvgIpc) is 3.13. The third-order valence-electron chi connectivity index (χ3n) is 4.64. The summed E-state index contributed by atoms with van der Waals surface area (Å²) in [6.45, 7) is 0.901. The molecule has 2 aliphatic rings. The SMILES string of the molecule is OCCNc1nc(NCCO)nc(C23CCC(CC2)C3)n1. The van der Waals surface area contributed by atoms with Crippen molar-refractivity contribution in [3.63, 3.8) is 0 Å². The maximum absolute atomic E-state index is 8.94. The lowest BCUT2D eigenvalue weighted by Crippen LogP contribution is -2.25. The highest BCUT2D eigenvalue weighted by Crippen LogP contribution is 2.54. The summed E-state index contributed by atoms with van der Waals surface area (Å²) >= 11 is 0. The number of aliphatic hydroxyl groups is 2. The van der Waals surface area contributed by atoms with Gasteiger partial charge in [0.25, 0.3) is 0 Å². The Balaban J connectivity index is 1.87. The highest BCUT2D eigenvalue weighted by molar-refractivity contribution is 5.36. The third-order valence-corrected chi connectivity index (χ3v) is 4.64. The van der Waals surface area contributed by atoms with E-state index in [0.29, 0.717) is 25.0 Å². The van der Waals surface area contributed by atoms with Crippen LogP contribution in [-0.2, 0) is 5.41 Å².